The molecule has 2 aromatic rings. The summed E-state index contributed by atoms with van der Waals surface area (Å²) < 4.78 is 6.80. The van der Waals surface area contributed by atoms with E-state index in [0.717, 1.165) is 22.3 Å². The molecule has 3 rings (SSSR count). The smallest absolute Gasteiger partial charge is 0.212 e. The Bertz CT molecular complexity index is 596. The van der Waals surface area contributed by atoms with E-state index in [1.165, 1.54) is 17.6 Å². The number of nitrogens with zero attached hydrogens (tertiary/aromatic N) is 4. The molecule has 0 amide bonds. The largest absolute Gasteiger partial charge is 0.484 e. The third kappa shape index (κ3) is 3.34. The van der Waals surface area contributed by atoms with Crippen molar-refractivity contribution in [2.24, 2.45) is 7.05 Å². The van der Waals surface area contributed by atoms with Gasteiger partial charge in [-0.2, -0.15) is 4.80 Å². The predicted octanol–water partition coefficient (Wildman–Crippen LogP) is 1.80. The topological polar surface area (TPSA) is 64.9 Å². The van der Waals surface area contributed by atoms with E-state index < -0.39 is 0 Å². The van der Waals surface area contributed by atoms with Gasteiger partial charge in [-0.05, 0) is 40.1 Å². The maximum atomic E-state index is 5.85. The van der Waals surface area contributed by atoms with Crippen molar-refractivity contribution >= 4 is 15.9 Å². The van der Waals surface area contributed by atoms with Crippen LogP contribution >= 0.6 is 15.9 Å². The Hall–Kier alpha value is -1.47. The Labute approximate surface area is 125 Å². The van der Waals surface area contributed by atoms with Gasteiger partial charge in [0.15, 0.2) is 6.61 Å². The molecule has 1 aliphatic rings. The minimum absolute atomic E-state index is 0.312. The highest BCUT2D eigenvalue weighted by molar-refractivity contribution is 9.10. The lowest BCUT2D eigenvalue weighted by Crippen LogP contribution is -2.16. The third-order valence-electron chi connectivity index (χ3n) is 3.10. The fourth-order valence-electron chi connectivity index (χ4n) is 1.91. The van der Waals surface area contributed by atoms with E-state index in [0.29, 0.717) is 18.5 Å². The van der Waals surface area contributed by atoms with Crippen molar-refractivity contribution < 1.29 is 4.74 Å². The number of halogens is 1. The second kappa shape index (κ2) is 5.88. The zero-order valence-electron chi connectivity index (χ0n) is 11.2. The Morgan fingerprint density at radius 1 is 1.45 bits per heavy atom. The monoisotopic (exact) mass is 337 g/mol. The summed E-state index contributed by atoms with van der Waals surface area (Å²) >= 11 is 3.53. The average Bonchev–Trinajstić information content (AvgIpc) is 3.17. The van der Waals surface area contributed by atoms with E-state index in [1.54, 1.807) is 7.05 Å². The van der Waals surface area contributed by atoms with E-state index in [-0.39, 0.29) is 0 Å². The summed E-state index contributed by atoms with van der Waals surface area (Å²) in [5.74, 6) is 1.41. The Kier molecular flexibility index (Phi) is 3.98. The highest BCUT2D eigenvalue weighted by Gasteiger charge is 2.21. The van der Waals surface area contributed by atoms with Crippen LogP contribution in [0.4, 0.5) is 0 Å². The number of ether oxygens (including phenoxy) is 1. The van der Waals surface area contributed by atoms with Crippen LogP contribution in [0.25, 0.3) is 0 Å². The molecule has 1 N–H and O–H groups in total. The van der Waals surface area contributed by atoms with Crippen LogP contribution in [0.2, 0.25) is 0 Å². The summed E-state index contributed by atoms with van der Waals surface area (Å²) in [5.41, 5.74) is 1.13. The molecule has 0 spiro atoms. The van der Waals surface area contributed by atoms with Crippen molar-refractivity contribution in [1.82, 2.24) is 25.5 Å². The van der Waals surface area contributed by atoms with Gasteiger partial charge in [0.05, 0.1) is 11.5 Å². The molecule has 0 atom stereocenters. The lowest BCUT2D eigenvalue weighted by Gasteiger charge is -2.12. The number of hydrogen-bond acceptors (Lipinski definition) is 5. The normalized spacial score (nSPS) is 14.5. The Balaban J connectivity index is 1.69. The second-order valence-corrected chi connectivity index (χ2v) is 5.72. The van der Waals surface area contributed by atoms with Crippen LogP contribution in [-0.4, -0.2) is 26.2 Å². The average molecular weight is 338 g/mol. The van der Waals surface area contributed by atoms with Gasteiger partial charge >= 0.3 is 0 Å². The molecule has 106 valence electrons. The van der Waals surface area contributed by atoms with Gasteiger partial charge < -0.3 is 10.1 Å². The maximum Gasteiger partial charge on any atom is 0.212 e. The van der Waals surface area contributed by atoms with Gasteiger partial charge in [-0.1, -0.05) is 12.1 Å². The summed E-state index contributed by atoms with van der Waals surface area (Å²) in [4.78, 5) is 1.42. The van der Waals surface area contributed by atoms with Crippen LogP contribution in [0.3, 0.4) is 0 Å². The lowest BCUT2D eigenvalue weighted by atomic mass is 10.2. The standard InChI is InChI=1S/C13H16BrN5O/c1-19-17-12(16-18-19)8-20-13-9(3-2-4-11(13)14)7-15-10-5-6-10/h2-4,10,15H,5-8H2,1H3. The van der Waals surface area contributed by atoms with Crippen molar-refractivity contribution in [3.05, 3.63) is 34.1 Å². The highest BCUT2D eigenvalue weighted by Crippen LogP contribution is 2.30. The first-order valence-electron chi connectivity index (χ1n) is 6.59. The Morgan fingerprint density at radius 3 is 3.00 bits per heavy atom. The minimum Gasteiger partial charge on any atom is -0.484 e. The summed E-state index contributed by atoms with van der Waals surface area (Å²) in [6.07, 6.45) is 2.54. The van der Waals surface area contributed by atoms with Gasteiger partial charge in [-0.15, -0.1) is 10.2 Å². The van der Waals surface area contributed by atoms with Crippen molar-refractivity contribution in [2.45, 2.75) is 32.0 Å². The van der Waals surface area contributed by atoms with E-state index in [2.05, 4.69) is 42.7 Å². The van der Waals surface area contributed by atoms with E-state index >= 15 is 0 Å². The zero-order chi connectivity index (χ0) is 13.9. The number of tetrazole rings is 1. The van der Waals surface area contributed by atoms with Crippen LogP contribution in [0.1, 0.15) is 24.2 Å². The highest BCUT2D eigenvalue weighted by atomic mass is 79.9. The lowest BCUT2D eigenvalue weighted by molar-refractivity contribution is 0.289. The molecule has 1 aliphatic carbocycles. The molecule has 0 unspecified atom stereocenters. The number of nitrogens with one attached hydrogen (secondary N) is 1. The maximum absolute atomic E-state index is 5.85. The van der Waals surface area contributed by atoms with Crippen molar-refractivity contribution in [1.29, 1.82) is 0 Å². The molecule has 1 aromatic carbocycles. The molecule has 7 heteroatoms. The molecule has 0 saturated heterocycles. The summed E-state index contributed by atoms with van der Waals surface area (Å²) in [6, 6.07) is 6.73. The minimum atomic E-state index is 0.312. The number of hydrogen-bond donors (Lipinski definition) is 1. The van der Waals surface area contributed by atoms with Gasteiger partial charge in [0.2, 0.25) is 5.82 Å². The first-order valence-corrected chi connectivity index (χ1v) is 7.38. The quantitative estimate of drug-likeness (QED) is 0.870. The van der Waals surface area contributed by atoms with Gasteiger partial charge in [-0.3, -0.25) is 0 Å². The molecule has 1 saturated carbocycles. The van der Waals surface area contributed by atoms with Crippen LogP contribution < -0.4 is 10.1 Å². The molecule has 6 nitrogen and oxygen atoms in total. The summed E-state index contributed by atoms with van der Waals surface area (Å²) in [5, 5.41) is 15.3. The van der Waals surface area contributed by atoms with Crippen LogP contribution in [0, 0.1) is 0 Å². The Morgan fingerprint density at radius 2 is 2.30 bits per heavy atom. The van der Waals surface area contributed by atoms with E-state index in [1.807, 2.05) is 12.1 Å². The first kappa shape index (κ1) is 13.5. The van der Waals surface area contributed by atoms with Crippen LogP contribution in [0.5, 0.6) is 5.75 Å². The van der Waals surface area contributed by atoms with Gasteiger partial charge in [0.1, 0.15) is 5.75 Å². The van der Waals surface area contributed by atoms with Gasteiger partial charge in [-0.25, -0.2) is 0 Å². The first-order chi connectivity index (χ1) is 9.72. The molecule has 0 bridgehead atoms. The van der Waals surface area contributed by atoms with Crippen LogP contribution in [0.15, 0.2) is 22.7 Å². The van der Waals surface area contributed by atoms with Crippen molar-refractivity contribution in [2.75, 3.05) is 0 Å². The number of aromatic nitrogens is 4. The van der Waals surface area contributed by atoms with Gasteiger partial charge in [0.25, 0.3) is 0 Å². The number of benzene rings is 1. The summed E-state index contributed by atoms with van der Waals surface area (Å²) in [6.45, 7) is 1.13. The van der Waals surface area contributed by atoms with Crippen LogP contribution in [-0.2, 0) is 20.2 Å². The fourth-order valence-corrected chi connectivity index (χ4v) is 2.44. The molecule has 0 radical (unpaired) electrons. The number of para-hydroxylation sites is 1. The zero-order valence-corrected chi connectivity index (χ0v) is 12.8. The number of aryl methyl sites for hydroxylation is 1. The molecule has 20 heavy (non-hydrogen) atoms. The molecular formula is C13H16BrN5O. The SMILES string of the molecule is Cn1nnc(COc2c(Br)cccc2CNC2CC2)n1. The van der Waals surface area contributed by atoms with Crippen molar-refractivity contribution in [3.8, 4) is 5.75 Å². The third-order valence-corrected chi connectivity index (χ3v) is 3.73. The van der Waals surface area contributed by atoms with E-state index in [4.69, 9.17) is 4.74 Å². The fraction of sp³-hybridized carbons (Fsp3) is 0.462. The predicted molar refractivity (Wildman–Crippen MR) is 77.1 cm³/mol. The number of rotatable bonds is 6. The van der Waals surface area contributed by atoms with Crippen molar-refractivity contribution in [3.63, 3.8) is 0 Å². The molecule has 1 fully saturated rings. The summed E-state index contributed by atoms with van der Waals surface area (Å²) in [7, 11) is 1.74. The van der Waals surface area contributed by atoms with Gasteiger partial charge in [0, 0.05) is 18.2 Å². The molecule has 1 heterocycles. The molecular weight excluding hydrogens is 322 g/mol. The molecule has 1 aromatic heterocycles. The van der Waals surface area contributed by atoms with E-state index in [9.17, 15) is 0 Å². The molecule has 0 aliphatic heterocycles. The second-order valence-electron chi connectivity index (χ2n) is 4.87.